The molecule has 1 heterocycles. The summed E-state index contributed by atoms with van der Waals surface area (Å²) in [6.45, 7) is 8.44. The smallest absolute Gasteiger partial charge is 0.227 e. The van der Waals surface area contributed by atoms with Crippen LogP contribution in [0.15, 0.2) is 6.20 Å². The molecule has 1 aromatic rings. The lowest BCUT2D eigenvalue weighted by Gasteiger charge is -2.34. The number of nitrogens with one attached hydrogen (secondary N) is 2. The number of carbonyl (C=O) groups is 1. The zero-order chi connectivity index (χ0) is 15.6. The minimum Gasteiger partial charge on any atom is -0.392 e. The van der Waals surface area contributed by atoms with Crippen LogP contribution in [0.3, 0.4) is 0 Å². The second kappa shape index (κ2) is 6.18. The molecule has 1 aliphatic rings. The fraction of sp³-hybridized carbons (Fsp3) is 0.750. The van der Waals surface area contributed by atoms with E-state index >= 15 is 0 Å². The number of nitrogens with zero attached hydrogens (tertiary/aromatic N) is 1. The molecule has 2 rings (SSSR count). The van der Waals surface area contributed by atoms with Crippen molar-refractivity contribution in [3.63, 3.8) is 0 Å². The lowest BCUT2D eigenvalue weighted by atomic mass is 9.80. The maximum absolute atomic E-state index is 12.5. The predicted molar refractivity (Wildman–Crippen MR) is 81.9 cm³/mol. The van der Waals surface area contributed by atoms with Crippen molar-refractivity contribution in [1.82, 2.24) is 15.5 Å². The highest BCUT2D eigenvalue weighted by atomic mass is 16.3. The largest absolute Gasteiger partial charge is 0.392 e. The highest BCUT2D eigenvalue weighted by molar-refractivity contribution is 5.84. The van der Waals surface area contributed by atoms with Gasteiger partial charge in [0.2, 0.25) is 5.91 Å². The Morgan fingerprint density at radius 3 is 2.95 bits per heavy atom. The SMILES string of the molecule is CC(C)C(O)C(C)(C)CNC(=O)C1CCCc2[nH]ncc21. The highest BCUT2D eigenvalue weighted by Crippen LogP contribution is 2.31. The first-order valence-electron chi connectivity index (χ1n) is 7.81. The van der Waals surface area contributed by atoms with Crippen molar-refractivity contribution in [3.05, 3.63) is 17.5 Å². The first kappa shape index (κ1) is 16.0. The Kier molecular flexibility index (Phi) is 4.71. The van der Waals surface area contributed by atoms with Crippen LogP contribution in [-0.2, 0) is 11.2 Å². The third-order valence-corrected chi connectivity index (χ3v) is 4.51. The second-order valence-electron chi connectivity index (χ2n) is 7.14. The van der Waals surface area contributed by atoms with E-state index in [0.29, 0.717) is 6.54 Å². The number of aliphatic hydroxyl groups excluding tert-OH is 1. The Bertz CT molecular complexity index is 493. The molecule has 1 amide bonds. The zero-order valence-corrected chi connectivity index (χ0v) is 13.4. The van der Waals surface area contributed by atoms with E-state index in [1.165, 1.54) is 0 Å². The molecule has 0 saturated heterocycles. The van der Waals surface area contributed by atoms with Gasteiger partial charge in [0.1, 0.15) is 0 Å². The topological polar surface area (TPSA) is 78.0 Å². The molecule has 5 heteroatoms. The van der Waals surface area contributed by atoms with Crippen LogP contribution in [0, 0.1) is 11.3 Å². The molecule has 0 fully saturated rings. The normalized spacial score (nSPS) is 20.2. The molecule has 0 radical (unpaired) electrons. The molecule has 2 unspecified atom stereocenters. The van der Waals surface area contributed by atoms with E-state index in [9.17, 15) is 9.90 Å². The zero-order valence-electron chi connectivity index (χ0n) is 13.4. The summed E-state index contributed by atoms with van der Waals surface area (Å²) >= 11 is 0. The minimum atomic E-state index is -0.436. The van der Waals surface area contributed by atoms with Gasteiger partial charge in [-0.2, -0.15) is 5.10 Å². The Balaban J connectivity index is 1.98. The van der Waals surface area contributed by atoms with Crippen molar-refractivity contribution in [2.24, 2.45) is 11.3 Å². The van der Waals surface area contributed by atoms with E-state index in [0.717, 1.165) is 30.5 Å². The minimum absolute atomic E-state index is 0.0429. The van der Waals surface area contributed by atoms with Crippen LogP contribution in [0.25, 0.3) is 0 Å². The summed E-state index contributed by atoms with van der Waals surface area (Å²) < 4.78 is 0. The number of aromatic nitrogens is 2. The van der Waals surface area contributed by atoms with Crippen molar-refractivity contribution >= 4 is 5.91 Å². The monoisotopic (exact) mass is 293 g/mol. The number of amides is 1. The summed E-state index contributed by atoms with van der Waals surface area (Å²) in [5.74, 6) is 0.105. The van der Waals surface area contributed by atoms with Gasteiger partial charge in [0, 0.05) is 23.2 Å². The lowest BCUT2D eigenvalue weighted by Crippen LogP contribution is -2.45. The third kappa shape index (κ3) is 3.46. The van der Waals surface area contributed by atoms with E-state index in [2.05, 4.69) is 15.5 Å². The number of aliphatic hydroxyl groups is 1. The summed E-state index contributed by atoms with van der Waals surface area (Å²) in [7, 11) is 0. The molecular formula is C16H27N3O2. The number of aryl methyl sites for hydroxylation is 1. The fourth-order valence-electron chi connectivity index (χ4n) is 3.18. The summed E-state index contributed by atoms with van der Waals surface area (Å²) in [6.07, 6.45) is 4.18. The molecule has 0 aromatic carbocycles. The molecule has 0 aliphatic heterocycles. The maximum atomic E-state index is 12.5. The first-order chi connectivity index (χ1) is 9.83. The quantitative estimate of drug-likeness (QED) is 0.777. The molecule has 2 atom stereocenters. The molecule has 118 valence electrons. The summed E-state index contributed by atoms with van der Waals surface area (Å²) in [4.78, 5) is 12.5. The summed E-state index contributed by atoms with van der Waals surface area (Å²) in [6, 6.07) is 0. The molecule has 0 saturated carbocycles. The van der Waals surface area contributed by atoms with Gasteiger partial charge in [0.05, 0.1) is 18.2 Å². The van der Waals surface area contributed by atoms with Crippen molar-refractivity contribution in [2.45, 2.75) is 59.0 Å². The number of fused-ring (bicyclic) bond motifs is 1. The number of rotatable bonds is 5. The van der Waals surface area contributed by atoms with Crippen LogP contribution in [0.1, 0.15) is 57.7 Å². The molecule has 21 heavy (non-hydrogen) atoms. The van der Waals surface area contributed by atoms with Gasteiger partial charge in [-0.15, -0.1) is 0 Å². The average Bonchev–Trinajstić information content (AvgIpc) is 2.92. The van der Waals surface area contributed by atoms with Gasteiger partial charge in [-0.1, -0.05) is 27.7 Å². The number of hydrogen-bond donors (Lipinski definition) is 3. The number of hydrogen-bond acceptors (Lipinski definition) is 3. The standard InChI is InChI=1S/C16H27N3O2/c1-10(2)14(20)16(3,4)9-17-15(21)11-6-5-7-13-12(11)8-18-19-13/h8,10-11,14,20H,5-7,9H2,1-4H3,(H,17,21)(H,18,19). The Morgan fingerprint density at radius 2 is 2.29 bits per heavy atom. The molecule has 1 aliphatic carbocycles. The third-order valence-electron chi connectivity index (χ3n) is 4.51. The van der Waals surface area contributed by atoms with Crippen molar-refractivity contribution in [3.8, 4) is 0 Å². The average molecular weight is 293 g/mol. The van der Waals surface area contributed by atoms with Gasteiger partial charge in [-0.3, -0.25) is 9.89 Å². The van der Waals surface area contributed by atoms with Gasteiger partial charge in [0.15, 0.2) is 0 Å². The van der Waals surface area contributed by atoms with Crippen LogP contribution in [0.5, 0.6) is 0 Å². The Labute approximate surface area is 126 Å². The number of carbonyl (C=O) groups excluding carboxylic acids is 1. The first-order valence-corrected chi connectivity index (χ1v) is 7.81. The van der Waals surface area contributed by atoms with Gasteiger partial charge in [0.25, 0.3) is 0 Å². The molecule has 0 bridgehead atoms. The van der Waals surface area contributed by atoms with Gasteiger partial charge in [-0.25, -0.2) is 0 Å². The van der Waals surface area contributed by atoms with E-state index in [4.69, 9.17) is 0 Å². The van der Waals surface area contributed by atoms with Gasteiger partial charge < -0.3 is 10.4 Å². The number of aromatic amines is 1. The lowest BCUT2D eigenvalue weighted by molar-refractivity contribution is -0.123. The fourth-order valence-corrected chi connectivity index (χ4v) is 3.18. The van der Waals surface area contributed by atoms with E-state index < -0.39 is 6.10 Å². The van der Waals surface area contributed by atoms with Crippen molar-refractivity contribution in [1.29, 1.82) is 0 Å². The van der Waals surface area contributed by atoms with E-state index in [1.54, 1.807) is 6.20 Å². The van der Waals surface area contributed by atoms with Crippen LogP contribution in [-0.4, -0.2) is 33.9 Å². The summed E-state index contributed by atoms with van der Waals surface area (Å²) in [5, 5.41) is 20.3. The number of H-pyrrole nitrogens is 1. The van der Waals surface area contributed by atoms with Crippen LogP contribution >= 0.6 is 0 Å². The predicted octanol–water partition coefficient (Wildman–Crippen LogP) is 1.99. The Morgan fingerprint density at radius 1 is 1.57 bits per heavy atom. The maximum Gasteiger partial charge on any atom is 0.227 e. The molecular weight excluding hydrogens is 266 g/mol. The van der Waals surface area contributed by atoms with Crippen LogP contribution in [0.2, 0.25) is 0 Å². The molecule has 1 aromatic heterocycles. The highest BCUT2D eigenvalue weighted by Gasteiger charge is 2.33. The van der Waals surface area contributed by atoms with Crippen LogP contribution < -0.4 is 5.32 Å². The van der Waals surface area contributed by atoms with Gasteiger partial charge in [-0.05, 0) is 25.2 Å². The molecule has 0 spiro atoms. The van der Waals surface area contributed by atoms with Gasteiger partial charge >= 0.3 is 0 Å². The van der Waals surface area contributed by atoms with E-state index in [1.807, 2.05) is 27.7 Å². The van der Waals surface area contributed by atoms with Crippen molar-refractivity contribution < 1.29 is 9.90 Å². The van der Waals surface area contributed by atoms with E-state index in [-0.39, 0.29) is 23.2 Å². The van der Waals surface area contributed by atoms with Crippen LogP contribution in [0.4, 0.5) is 0 Å². The summed E-state index contributed by atoms with van der Waals surface area (Å²) in [5.41, 5.74) is 1.78. The Hall–Kier alpha value is -1.36. The second-order valence-corrected chi connectivity index (χ2v) is 7.14. The van der Waals surface area contributed by atoms with Crippen molar-refractivity contribution in [2.75, 3.05) is 6.54 Å². The molecule has 5 nitrogen and oxygen atoms in total. The molecule has 3 N–H and O–H groups in total.